The third-order valence-electron chi connectivity index (χ3n) is 4.14. The molecule has 0 radical (unpaired) electrons. The predicted molar refractivity (Wildman–Crippen MR) is 77.7 cm³/mol. The number of fused-ring (bicyclic) bond motifs is 1. The summed E-state index contributed by atoms with van der Waals surface area (Å²) >= 11 is 0. The molecule has 5 nitrogen and oxygen atoms in total. The summed E-state index contributed by atoms with van der Waals surface area (Å²) in [7, 11) is 0. The number of H-pyrrole nitrogens is 2. The lowest BCUT2D eigenvalue weighted by Crippen LogP contribution is -2.35. The molecule has 1 aromatic heterocycles. The molecule has 0 bridgehead atoms. The molecule has 0 spiro atoms. The molecule has 0 unspecified atom stereocenters. The summed E-state index contributed by atoms with van der Waals surface area (Å²) in [6.45, 7) is 0.314. The largest absolute Gasteiger partial charge is 0.352 e. The number of hydrogen-bond acceptors (Lipinski definition) is 2. The number of alkyl halides is 2. The minimum absolute atomic E-state index is 0.182. The molecule has 0 saturated heterocycles. The Hall–Kier alpha value is -2.18. The van der Waals surface area contributed by atoms with E-state index >= 15 is 0 Å². The van der Waals surface area contributed by atoms with Crippen LogP contribution in [0.2, 0.25) is 0 Å². The molecule has 0 atom stereocenters. The van der Waals surface area contributed by atoms with Gasteiger partial charge in [-0.2, -0.15) is 0 Å². The number of benzene rings is 1. The predicted octanol–water partition coefficient (Wildman–Crippen LogP) is 2.30. The van der Waals surface area contributed by atoms with Crippen LogP contribution in [0, 0.1) is 5.92 Å². The molecule has 1 amide bonds. The summed E-state index contributed by atoms with van der Waals surface area (Å²) < 4.78 is 26.2. The van der Waals surface area contributed by atoms with Crippen LogP contribution in [-0.4, -0.2) is 21.8 Å². The number of amides is 1. The van der Waals surface area contributed by atoms with Crippen LogP contribution in [0.4, 0.5) is 8.78 Å². The van der Waals surface area contributed by atoms with Gasteiger partial charge >= 0.3 is 5.69 Å². The minimum atomic E-state index is -2.62. The van der Waals surface area contributed by atoms with E-state index in [1.54, 1.807) is 18.2 Å². The summed E-state index contributed by atoms with van der Waals surface area (Å²) in [5.41, 5.74) is 1.94. The van der Waals surface area contributed by atoms with Gasteiger partial charge in [-0.15, -0.1) is 0 Å². The molecule has 118 valence electrons. The van der Waals surface area contributed by atoms with Crippen LogP contribution >= 0.6 is 0 Å². The molecule has 3 rings (SSSR count). The van der Waals surface area contributed by atoms with Crippen LogP contribution in [0.15, 0.2) is 23.0 Å². The first-order valence-corrected chi connectivity index (χ1v) is 7.29. The number of carbonyl (C=O) groups excluding carboxylic acids is 1. The summed E-state index contributed by atoms with van der Waals surface area (Å²) in [5.74, 6) is -3.14. The van der Waals surface area contributed by atoms with Crippen LogP contribution in [0.5, 0.6) is 0 Å². The molecule has 2 aromatic rings. The maximum absolute atomic E-state index is 13.1. The van der Waals surface area contributed by atoms with E-state index in [-0.39, 0.29) is 43.2 Å². The van der Waals surface area contributed by atoms with Crippen molar-refractivity contribution in [2.45, 2.75) is 38.2 Å². The summed E-state index contributed by atoms with van der Waals surface area (Å²) in [5, 5.41) is 2.78. The second kappa shape index (κ2) is 5.55. The lowest BCUT2D eigenvalue weighted by Gasteiger charge is -2.27. The highest BCUT2D eigenvalue weighted by Crippen LogP contribution is 2.36. The van der Waals surface area contributed by atoms with Gasteiger partial charge in [-0.05, 0) is 30.5 Å². The van der Waals surface area contributed by atoms with Gasteiger partial charge in [-0.25, -0.2) is 13.6 Å². The van der Waals surface area contributed by atoms with Gasteiger partial charge in [0.25, 0.3) is 0 Å². The van der Waals surface area contributed by atoms with E-state index in [0.717, 1.165) is 5.56 Å². The lowest BCUT2D eigenvalue weighted by atomic mass is 9.86. The van der Waals surface area contributed by atoms with Crippen LogP contribution in [-0.2, 0) is 11.3 Å². The smallest absolute Gasteiger partial charge is 0.323 e. The fourth-order valence-electron chi connectivity index (χ4n) is 2.83. The van der Waals surface area contributed by atoms with Gasteiger partial charge < -0.3 is 15.3 Å². The SMILES string of the molecule is O=C(NCc1ccc2[nH]c(=O)[nH]c2c1)C1CCC(F)(F)CC1. The van der Waals surface area contributed by atoms with Crippen LogP contribution in [0.1, 0.15) is 31.2 Å². The molecule has 1 aromatic carbocycles. The van der Waals surface area contributed by atoms with E-state index in [1.807, 2.05) is 0 Å². The number of aromatic nitrogens is 2. The number of carbonyl (C=O) groups is 1. The van der Waals surface area contributed by atoms with Gasteiger partial charge in [-0.3, -0.25) is 4.79 Å². The number of halogens is 2. The van der Waals surface area contributed by atoms with Crippen molar-refractivity contribution in [3.63, 3.8) is 0 Å². The van der Waals surface area contributed by atoms with Crippen molar-refractivity contribution in [3.8, 4) is 0 Å². The van der Waals surface area contributed by atoms with Crippen LogP contribution in [0.25, 0.3) is 11.0 Å². The highest BCUT2D eigenvalue weighted by atomic mass is 19.3. The monoisotopic (exact) mass is 309 g/mol. The van der Waals surface area contributed by atoms with Crippen molar-refractivity contribution in [1.82, 2.24) is 15.3 Å². The van der Waals surface area contributed by atoms with E-state index in [2.05, 4.69) is 15.3 Å². The quantitative estimate of drug-likeness (QED) is 0.813. The standard InChI is InChI=1S/C15H17F2N3O2/c16-15(17)5-3-10(4-6-15)13(21)18-8-9-1-2-11-12(7-9)20-14(22)19-11/h1-2,7,10H,3-6,8H2,(H,18,21)(H2,19,20,22). The first-order valence-electron chi connectivity index (χ1n) is 7.29. The van der Waals surface area contributed by atoms with Crippen molar-refractivity contribution >= 4 is 16.9 Å². The van der Waals surface area contributed by atoms with Gasteiger partial charge in [0.1, 0.15) is 0 Å². The Balaban J connectivity index is 1.59. The molecule has 0 aliphatic heterocycles. The molecule has 1 saturated carbocycles. The third kappa shape index (κ3) is 3.18. The lowest BCUT2D eigenvalue weighted by molar-refractivity contribution is -0.129. The van der Waals surface area contributed by atoms with Crippen molar-refractivity contribution < 1.29 is 13.6 Å². The van der Waals surface area contributed by atoms with E-state index in [4.69, 9.17) is 0 Å². The maximum atomic E-state index is 13.1. The number of aromatic amines is 2. The van der Waals surface area contributed by atoms with E-state index in [9.17, 15) is 18.4 Å². The second-order valence-corrected chi connectivity index (χ2v) is 5.81. The minimum Gasteiger partial charge on any atom is -0.352 e. The van der Waals surface area contributed by atoms with Gasteiger partial charge in [0, 0.05) is 25.3 Å². The van der Waals surface area contributed by atoms with E-state index < -0.39 is 5.92 Å². The molecule has 1 aliphatic carbocycles. The average Bonchev–Trinajstić information content (AvgIpc) is 2.84. The zero-order chi connectivity index (χ0) is 15.7. The molecule has 22 heavy (non-hydrogen) atoms. The zero-order valence-electron chi connectivity index (χ0n) is 11.9. The number of rotatable bonds is 3. The van der Waals surface area contributed by atoms with Crippen LogP contribution < -0.4 is 11.0 Å². The van der Waals surface area contributed by atoms with Crippen molar-refractivity contribution in [1.29, 1.82) is 0 Å². The number of imidazole rings is 1. The highest BCUT2D eigenvalue weighted by molar-refractivity contribution is 5.79. The fourth-order valence-corrected chi connectivity index (χ4v) is 2.83. The second-order valence-electron chi connectivity index (χ2n) is 5.81. The Kier molecular flexibility index (Phi) is 3.72. The number of hydrogen-bond donors (Lipinski definition) is 3. The number of nitrogens with one attached hydrogen (secondary N) is 3. The van der Waals surface area contributed by atoms with E-state index in [0.29, 0.717) is 17.6 Å². The Labute approximate surface area is 125 Å². The first-order chi connectivity index (χ1) is 10.4. The average molecular weight is 309 g/mol. The van der Waals surface area contributed by atoms with Crippen LogP contribution in [0.3, 0.4) is 0 Å². The summed E-state index contributed by atoms with van der Waals surface area (Å²) in [6, 6.07) is 5.35. The van der Waals surface area contributed by atoms with Crippen molar-refractivity contribution in [3.05, 3.63) is 34.2 Å². The molecular formula is C15H17F2N3O2. The fraction of sp³-hybridized carbons (Fsp3) is 0.467. The first kappa shape index (κ1) is 14.7. The topological polar surface area (TPSA) is 77.8 Å². The normalized spacial score (nSPS) is 18.5. The van der Waals surface area contributed by atoms with Gasteiger partial charge in [-0.1, -0.05) is 6.07 Å². The Morgan fingerprint density at radius 1 is 1.23 bits per heavy atom. The Morgan fingerprint density at radius 2 is 1.91 bits per heavy atom. The molecule has 1 heterocycles. The summed E-state index contributed by atoms with van der Waals surface area (Å²) in [4.78, 5) is 28.5. The highest BCUT2D eigenvalue weighted by Gasteiger charge is 2.37. The van der Waals surface area contributed by atoms with Crippen molar-refractivity contribution in [2.24, 2.45) is 5.92 Å². The summed E-state index contributed by atoms with van der Waals surface area (Å²) in [6.07, 6.45) is 0.00919. The van der Waals surface area contributed by atoms with Crippen molar-refractivity contribution in [2.75, 3.05) is 0 Å². The molecule has 1 aliphatic rings. The molecule has 1 fully saturated rings. The van der Waals surface area contributed by atoms with Gasteiger partial charge in [0.2, 0.25) is 11.8 Å². The zero-order valence-corrected chi connectivity index (χ0v) is 11.9. The van der Waals surface area contributed by atoms with Gasteiger partial charge in [0.05, 0.1) is 11.0 Å². The Morgan fingerprint density at radius 3 is 2.64 bits per heavy atom. The molecular weight excluding hydrogens is 292 g/mol. The molecule has 3 N–H and O–H groups in total. The molecule has 7 heteroatoms. The third-order valence-corrected chi connectivity index (χ3v) is 4.14. The Bertz CT molecular complexity index is 741. The van der Waals surface area contributed by atoms with E-state index in [1.165, 1.54) is 0 Å². The maximum Gasteiger partial charge on any atom is 0.323 e. The van der Waals surface area contributed by atoms with Gasteiger partial charge in [0.15, 0.2) is 0 Å².